The number of nitrogens with one attached hydrogen (secondary N) is 2. The topological polar surface area (TPSA) is 183 Å². The molecule has 1 atom stereocenters. The molecule has 2 aromatic carbocycles. The van der Waals surface area contributed by atoms with Crippen LogP contribution in [0.25, 0.3) is 0 Å². The molecule has 0 aliphatic heterocycles. The molecule has 192 valence electrons. The Bertz CT molecular complexity index is 1090. The summed E-state index contributed by atoms with van der Waals surface area (Å²) in [5.74, 6) is -3.69. The second-order valence-electron chi connectivity index (χ2n) is 7.01. The van der Waals surface area contributed by atoms with Crippen LogP contribution in [0.2, 0.25) is 0 Å². The van der Waals surface area contributed by atoms with Gasteiger partial charge in [0.15, 0.2) is 0 Å². The summed E-state index contributed by atoms with van der Waals surface area (Å²) >= 11 is 0. The quantitative estimate of drug-likeness (QED) is 0.288. The van der Waals surface area contributed by atoms with E-state index in [1.807, 2.05) is 6.07 Å². The van der Waals surface area contributed by atoms with Gasteiger partial charge < -0.3 is 30.7 Å². The SMILES string of the molecule is CCN(c1ccccc1)S(=O)(=O)c1ccc(OC)c(NC(=O)CNCC(C)O)c1.O=C(O)C(=O)O. The minimum atomic E-state index is -3.84. The number of aliphatic hydroxyl groups is 1. The zero-order valence-corrected chi connectivity index (χ0v) is 20.3. The molecule has 2 aromatic rings. The number of hydrogen-bond donors (Lipinski definition) is 5. The van der Waals surface area contributed by atoms with E-state index in [2.05, 4.69) is 10.6 Å². The Balaban J connectivity index is 0.000000905. The Kier molecular flexibility index (Phi) is 11.6. The molecule has 12 nitrogen and oxygen atoms in total. The van der Waals surface area contributed by atoms with Crippen molar-refractivity contribution in [1.82, 2.24) is 5.32 Å². The summed E-state index contributed by atoms with van der Waals surface area (Å²) in [6.07, 6.45) is -0.580. The lowest BCUT2D eigenvalue weighted by molar-refractivity contribution is -0.159. The summed E-state index contributed by atoms with van der Waals surface area (Å²) in [5, 5.41) is 29.5. The predicted molar refractivity (Wildman–Crippen MR) is 128 cm³/mol. The number of sulfonamides is 1. The van der Waals surface area contributed by atoms with Crippen molar-refractivity contribution in [2.24, 2.45) is 0 Å². The van der Waals surface area contributed by atoms with Crippen molar-refractivity contribution in [3.63, 3.8) is 0 Å². The molecular weight excluding hydrogens is 482 g/mol. The van der Waals surface area contributed by atoms with Crippen LogP contribution >= 0.6 is 0 Å². The second-order valence-corrected chi connectivity index (χ2v) is 8.87. The lowest BCUT2D eigenvalue weighted by Gasteiger charge is -2.23. The maximum absolute atomic E-state index is 13.2. The predicted octanol–water partition coefficient (Wildman–Crippen LogP) is 0.975. The van der Waals surface area contributed by atoms with Crippen molar-refractivity contribution in [3.05, 3.63) is 48.5 Å². The maximum Gasteiger partial charge on any atom is 0.414 e. The molecule has 1 unspecified atom stereocenters. The number of amides is 1. The lowest BCUT2D eigenvalue weighted by Crippen LogP contribution is -2.33. The van der Waals surface area contributed by atoms with Crippen LogP contribution in [0, 0.1) is 0 Å². The number of methoxy groups -OCH3 is 1. The van der Waals surface area contributed by atoms with Gasteiger partial charge in [0.1, 0.15) is 5.75 Å². The number of carbonyl (C=O) groups excluding carboxylic acids is 1. The number of carbonyl (C=O) groups is 3. The van der Waals surface area contributed by atoms with Crippen molar-refractivity contribution >= 4 is 39.2 Å². The number of anilines is 2. The van der Waals surface area contributed by atoms with Gasteiger partial charge in [0.25, 0.3) is 10.0 Å². The molecule has 0 fully saturated rings. The normalized spacial score (nSPS) is 11.4. The van der Waals surface area contributed by atoms with E-state index in [4.69, 9.17) is 24.5 Å². The van der Waals surface area contributed by atoms with Gasteiger partial charge in [0.05, 0.1) is 36.0 Å². The fourth-order valence-electron chi connectivity index (χ4n) is 2.75. The molecule has 1 amide bonds. The first-order valence-corrected chi connectivity index (χ1v) is 11.8. The smallest absolute Gasteiger partial charge is 0.414 e. The molecule has 0 aromatic heterocycles. The van der Waals surface area contributed by atoms with Gasteiger partial charge in [-0.15, -0.1) is 0 Å². The average molecular weight is 512 g/mol. The summed E-state index contributed by atoms with van der Waals surface area (Å²) in [7, 11) is -2.40. The summed E-state index contributed by atoms with van der Waals surface area (Å²) in [4.78, 5) is 30.4. The number of aliphatic hydroxyl groups excluding tert-OH is 1. The van der Waals surface area contributed by atoms with Crippen LogP contribution in [-0.4, -0.2) is 74.4 Å². The summed E-state index contributed by atoms with van der Waals surface area (Å²) in [6, 6.07) is 13.1. The van der Waals surface area contributed by atoms with Gasteiger partial charge in [-0.25, -0.2) is 18.0 Å². The second kappa shape index (κ2) is 13.9. The number of para-hydroxylation sites is 1. The number of ether oxygens (including phenoxy) is 1. The minimum Gasteiger partial charge on any atom is -0.495 e. The highest BCUT2D eigenvalue weighted by Crippen LogP contribution is 2.30. The highest BCUT2D eigenvalue weighted by molar-refractivity contribution is 7.92. The maximum atomic E-state index is 13.2. The molecule has 0 radical (unpaired) electrons. The summed E-state index contributed by atoms with van der Waals surface area (Å²) in [6.45, 7) is 3.85. The fraction of sp³-hybridized carbons (Fsp3) is 0.318. The lowest BCUT2D eigenvalue weighted by atomic mass is 10.3. The number of hydrogen-bond acceptors (Lipinski definition) is 8. The van der Waals surface area contributed by atoms with Gasteiger partial charge >= 0.3 is 11.9 Å². The molecule has 35 heavy (non-hydrogen) atoms. The zero-order chi connectivity index (χ0) is 26.6. The van der Waals surface area contributed by atoms with Crippen molar-refractivity contribution < 1.29 is 42.9 Å². The Morgan fingerprint density at radius 3 is 2.14 bits per heavy atom. The summed E-state index contributed by atoms with van der Waals surface area (Å²) < 4.78 is 32.9. The van der Waals surface area contributed by atoms with E-state index in [1.165, 1.54) is 29.6 Å². The van der Waals surface area contributed by atoms with Gasteiger partial charge in [-0.1, -0.05) is 18.2 Å². The van der Waals surface area contributed by atoms with Crippen LogP contribution < -0.4 is 19.7 Å². The number of carboxylic acid groups (broad SMARTS) is 2. The number of aliphatic carboxylic acids is 2. The van der Waals surface area contributed by atoms with E-state index >= 15 is 0 Å². The molecular formula is C22H29N3O9S. The molecule has 0 saturated carbocycles. The van der Waals surface area contributed by atoms with Gasteiger partial charge in [0, 0.05) is 13.1 Å². The van der Waals surface area contributed by atoms with E-state index < -0.39 is 28.1 Å². The molecule has 0 aliphatic carbocycles. The van der Waals surface area contributed by atoms with Crippen molar-refractivity contribution in [2.75, 3.05) is 36.4 Å². The number of carboxylic acids is 2. The number of benzene rings is 2. The fourth-order valence-corrected chi connectivity index (χ4v) is 4.25. The summed E-state index contributed by atoms with van der Waals surface area (Å²) in [5.41, 5.74) is 0.806. The largest absolute Gasteiger partial charge is 0.495 e. The third kappa shape index (κ3) is 9.23. The van der Waals surface area contributed by atoms with Crippen molar-refractivity contribution in [1.29, 1.82) is 0 Å². The van der Waals surface area contributed by atoms with E-state index in [0.29, 0.717) is 11.4 Å². The number of nitrogens with zero attached hydrogens (tertiary/aromatic N) is 1. The highest BCUT2D eigenvalue weighted by atomic mass is 32.2. The first kappa shape index (κ1) is 29.4. The Morgan fingerprint density at radius 2 is 1.66 bits per heavy atom. The molecule has 0 heterocycles. The van der Waals surface area contributed by atoms with Crippen LogP contribution in [0.4, 0.5) is 11.4 Å². The third-order valence-corrected chi connectivity index (χ3v) is 6.17. The van der Waals surface area contributed by atoms with E-state index in [0.717, 1.165) is 0 Å². The molecule has 13 heteroatoms. The van der Waals surface area contributed by atoms with Crippen LogP contribution in [0.1, 0.15) is 13.8 Å². The Morgan fingerprint density at radius 1 is 1.06 bits per heavy atom. The molecule has 2 rings (SSSR count). The number of rotatable bonds is 10. The van der Waals surface area contributed by atoms with Gasteiger partial charge in [-0.05, 0) is 44.2 Å². The minimum absolute atomic E-state index is 0.0316. The average Bonchev–Trinajstić information content (AvgIpc) is 2.80. The van der Waals surface area contributed by atoms with Gasteiger partial charge in [0.2, 0.25) is 5.91 Å². The monoisotopic (exact) mass is 511 g/mol. The van der Waals surface area contributed by atoms with Crippen molar-refractivity contribution in [3.8, 4) is 5.75 Å². The Labute approximate surface area is 203 Å². The molecule has 0 spiro atoms. The van der Waals surface area contributed by atoms with Crippen LogP contribution in [0.5, 0.6) is 5.75 Å². The molecule has 5 N–H and O–H groups in total. The van der Waals surface area contributed by atoms with E-state index in [9.17, 15) is 18.3 Å². The van der Waals surface area contributed by atoms with E-state index in [1.54, 1.807) is 38.1 Å². The van der Waals surface area contributed by atoms with Gasteiger partial charge in [-0.3, -0.25) is 9.10 Å². The zero-order valence-electron chi connectivity index (χ0n) is 19.5. The van der Waals surface area contributed by atoms with Crippen LogP contribution in [-0.2, 0) is 24.4 Å². The van der Waals surface area contributed by atoms with Crippen molar-refractivity contribution in [2.45, 2.75) is 24.8 Å². The first-order chi connectivity index (χ1) is 16.4. The standard InChI is InChI=1S/C20H27N3O5S.C2H2O4/c1-4-23(16-8-6-5-7-9-16)29(26,27)17-10-11-19(28-3)18(12-17)22-20(25)14-21-13-15(2)24;3-1(4)2(5)6/h5-12,15,21,24H,4,13-14H2,1-3H3,(H,22,25);(H,3,4)(H,5,6). The molecule has 0 bridgehead atoms. The molecule has 0 aliphatic rings. The van der Waals surface area contributed by atoms with E-state index in [-0.39, 0.29) is 36.1 Å². The van der Waals surface area contributed by atoms with Gasteiger partial charge in [-0.2, -0.15) is 0 Å². The Hall–Kier alpha value is -3.68. The highest BCUT2D eigenvalue weighted by Gasteiger charge is 2.25. The molecule has 0 saturated heterocycles. The first-order valence-electron chi connectivity index (χ1n) is 10.3. The van der Waals surface area contributed by atoms with Crippen LogP contribution in [0.15, 0.2) is 53.4 Å². The third-order valence-electron chi connectivity index (χ3n) is 4.27. The van der Waals surface area contributed by atoms with Crippen LogP contribution in [0.3, 0.4) is 0 Å².